The molecule has 2 heterocycles. The first-order valence-electron chi connectivity index (χ1n) is 18.0. The molecule has 7 aromatic carbocycles. The van der Waals surface area contributed by atoms with Crippen LogP contribution in [0.4, 0.5) is 0 Å². The van der Waals surface area contributed by atoms with Gasteiger partial charge in [0.05, 0.1) is 0 Å². The minimum atomic E-state index is 0.201. The predicted molar refractivity (Wildman–Crippen MR) is 216 cm³/mol. The van der Waals surface area contributed by atoms with Gasteiger partial charge in [-0.05, 0) is 116 Å². The first-order valence-corrected chi connectivity index (χ1v) is 18.0. The zero-order valence-electron chi connectivity index (χ0n) is 28.3. The van der Waals surface area contributed by atoms with E-state index in [-0.39, 0.29) is 11.8 Å². The van der Waals surface area contributed by atoms with Crippen LogP contribution < -0.4 is 0 Å². The molecule has 2 heteroatoms. The third kappa shape index (κ3) is 4.65. The molecule has 0 saturated heterocycles. The van der Waals surface area contributed by atoms with Gasteiger partial charge in [0, 0.05) is 33.6 Å². The number of hydrogen-bond donors (Lipinski definition) is 0. The van der Waals surface area contributed by atoms with Crippen LogP contribution in [0, 0.1) is 5.92 Å². The van der Waals surface area contributed by atoms with Crippen LogP contribution >= 0.6 is 0 Å². The Kier molecular flexibility index (Phi) is 6.41. The van der Waals surface area contributed by atoms with E-state index in [4.69, 9.17) is 8.83 Å². The smallest absolute Gasteiger partial charge is 0.136 e. The first kappa shape index (κ1) is 29.1. The maximum absolute atomic E-state index is 6.63. The van der Waals surface area contributed by atoms with Crippen molar-refractivity contribution in [3.8, 4) is 33.4 Å². The van der Waals surface area contributed by atoms with Crippen LogP contribution in [0.3, 0.4) is 0 Å². The molecule has 244 valence electrons. The highest BCUT2D eigenvalue weighted by Crippen LogP contribution is 2.50. The number of hydrogen-bond acceptors (Lipinski definition) is 2. The highest BCUT2D eigenvalue weighted by atomic mass is 16.3. The van der Waals surface area contributed by atoms with Crippen molar-refractivity contribution in [2.24, 2.45) is 5.92 Å². The van der Waals surface area contributed by atoms with Crippen molar-refractivity contribution >= 4 is 55.3 Å². The molecule has 0 fully saturated rings. The molecular formula is C50H32O2. The lowest BCUT2D eigenvalue weighted by Gasteiger charge is -2.30. The summed E-state index contributed by atoms with van der Waals surface area (Å²) in [6.07, 6.45) is 11.3. The second-order valence-electron chi connectivity index (χ2n) is 14.0. The average Bonchev–Trinajstić information content (AvgIpc) is 3.78. The predicted octanol–water partition coefficient (Wildman–Crippen LogP) is 13.9. The molecule has 0 saturated carbocycles. The van der Waals surface area contributed by atoms with Gasteiger partial charge in [-0.1, -0.05) is 121 Å². The molecule has 2 unspecified atom stereocenters. The van der Waals surface area contributed by atoms with Crippen LogP contribution in [0.25, 0.3) is 88.7 Å². The Balaban J connectivity index is 1.09. The lowest BCUT2D eigenvalue weighted by atomic mass is 9.72. The highest BCUT2D eigenvalue weighted by Gasteiger charge is 2.34. The zero-order chi connectivity index (χ0) is 34.2. The minimum absolute atomic E-state index is 0.201. The summed E-state index contributed by atoms with van der Waals surface area (Å²) in [5.74, 6) is 1.41. The standard InChI is InChI=1S/C50H32O2/c1-2-11-32(12-3-1)44-30-49-50(43-16-7-6-14-40(43)44)45-28-35(21-23-47(45)52-49)38-25-37(34-19-18-31-10-4-5-13-33(31)24-34)26-39(27-38)36-20-22-42-41-15-8-9-17-46(41)51-48(42)29-36/h1-30,40,43H. The van der Waals surface area contributed by atoms with Gasteiger partial charge in [-0.3, -0.25) is 0 Å². The van der Waals surface area contributed by atoms with Crippen LogP contribution in [0.2, 0.25) is 0 Å². The van der Waals surface area contributed by atoms with Gasteiger partial charge in [0.15, 0.2) is 0 Å². The molecule has 0 bridgehead atoms. The fraction of sp³-hybridized carbons (Fsp3) is 0.0400. The monoisotopic (exact) mass is 664 g/mol. The van der Waals surface area contributed by atoms with Gasteiger partial charge in [0.1, 0.15) is 22.5 Å². The lowest BCUT2D eigenvalue weighted by molar-refractivity contribution is 0.581. The summed E-state index contributed by atoms with van der Waals surface area (Å²) < 4.78 is 13.0. The SMILES string of the molecule is C1=CC2C(c3ccccc3)=Cc3oc4ccc(-c5cc(-c6ccc7ccccc7c6)cc(-c6ccc7c(c6)oc6ccccc67)c5)cc4c3C2C=C1. The number of rotatable bonds is 4. The molecule has 0 spiro atoms. The maximum Gasteiger partial charge on any atom is 0.136 e. The molecule has 0 N–H and O–H groups in total. The molecular weight excluding hydrogens is 633 g/mol. The topological polar surface area (TPSA) is 26.3 Å². The number of allylic oxidation sites excluding steroid dienone is 5. The summed E-state index contributed by atoms with van der Waals surface area (Å²) in [6, 6.07) is 54.6. The molecule has 0 radical (unpaired) electrons. The van der Waals surface area contributed by atoms with E-state index in [9.17, 15) is 0 Å². The normalized spacial score (nSPS) is 16.4. The molecule has 2 aromatic heterocycles. The molecule has 0 amide bonds. The second-order valence-corrected chi connectivity index (χ2v) is 14.0. The average molecular weight is 665 g/mol. The summed E-state index contributed by atoms with van der Waals surface area (Å²) in [4.78, 5) is 0. The minimum Gasteiger partial charge on any atom is -0.456 e. The van der Waals surface area contributed by atoms with Gasteiger partial charge in [-0.2, -0.15) is 0 Å². The third-order valence-corrected chi connectivity index (χ3v) is 11.0. The van der Waals surface area contributed by atoms with E-state index in [0.29, 0.717) is 0 Å². The van der Waals surface area contributed by atoms with Crippen molar-refractivity contribution in [3.05, 3.63) is 193 Å². The fourth-order valence-corrected chi connectivity index (χ4v) is 8.49. The number of benzene rings is 7. The molecule has 2 nitrogen and oxygen atoms in total. The number of furan rings is 2. The van der Waals surface area contributed by atoms with Gasteiger partial charge < -0.3 is 8.83 Å². The lowest BCUT2D eigenvalue weighted by Crippen LogP contribution is -2.17. The Bertz CT molecular complexity index is 2970. The molecule has 9 aromatic rings. The van der Waals surface area contributed by atoms with Crippen LogP contribution in [-0.2, 0) is 0 Å². The van der Waals surface area contributed by atoms with E-state index >= 15 is 0 Å². The van der Waals surface area contributed by atoms with Crippen molar-refractivity contribution in [2.45, 2.75) is 5.92 Å². The largest absolute Gasteiger partial charge is 0.456 e. The number of fused-ring (bicyclic) bond motifs is 9. The molecule has 11 rings (SSSR count). The maximum atomic E-state index is 6.63. The van der Waals surface area contributed by atoms with Gasteiger partial charge >= 0.3 is 0 Å². The van der Waals surface area contributed by atoms with Gasteiger partial charge in [-0.15, -0.1) is 0 Å². The van der Waals surface area contributed by atoms with E-state index in [1.807, 2.05) is 12.1 Å². The Morgan fingerprint density at radius 1 is 0.365 bits per heavy atom. The van der Waals surface area contributed by atoms with Crippen LogP contribution in [0.1, 0.15) is 22.8 Å². The van der Waals surface area contributed by atoms with Crippen LogP contribution in [-0.4, -0.2) is 0 Å². The van der Waals surface area contributed by atoms with Crippen LogP contribution in [0.15, 0.2) is 185 Å². The molecule has 52 heavy (non-hydrogen) atoms. The van der Waals surface area contributed by atoms with Crippen molar-refractivity contribution in [3.63, 3.8) is 0 Å². The van der Waals surface area contributed by atoms with Gasteiger partial charge in [-0.25, -0.2) is 0 Å². The molecule has 2 aliphatic rings. The van der Waals surface area contributed by atoms with Crippen molar-refractivity contribution in [1.82, 2.24) is 0 Å². The summed E-state index contributed by atoms with van der Waals surface area (Å²) in [6.45, 7) is 0. The third-order valence-electron chi connectivity index (χ3n) is 11.0. The molecule has 2 atom stereocenters. The van der Waals surface area contributed by atoms with Gasteiger partial charge in [0.2, 0.25) is 0 Å². The zero-order valence-corrected chi connectivity index (χ0v) is 28.3. The fourth-order valence-electron chi connectivity index (χ4n) is 8.49. The van der Waals surface area contributed by atoms with Crippen molar-refractivity contribution in [2.75, 3.05) is 0 Å². The van der Waals surface area contributed by atoms with E-state index in [2.05, 4.69) is 170 Å². The highest BCUT2D eigenvalue weighted by molar-refractivity contribution is 6.06. The Hall–Kier alpha value is -6.64. The summed E-state index contributed by atoms with van der Waals surface area (Å²) >= 11 is 0. The van der Waals surface area contributed by atoms with E-state index in [0.717, 1.165) is 55.5 Å². The number of para-hydroxylation sites is 1. The summed E-state index contributed by atoms with van der Waals surface area (Å²) in [7, 11) is 0. The molecule has 0 aliphatic heterocycles. The van der Waals surface area contributed by atoms with Crippen LogP contribution in [0.5, 0.6) is 0 Å². The summed E-state index contributed by atoms with van der Waals surface area (Å²) in [5.41, 5.74) is 13.5. The van der Waals surface area contributed by atoms with Crippen molar-refractivity contribution in [1.29, 1.82) is 0 Å². The first-order chi connectivity index (χ1) is 25.7. The van der Waals surface area contributed by atoms with E-state index in [1.165, 1.54) is 44.0 Å². The van der Waals surface area contributed by atoms with E-state index in [1.54, 1.807) is 0 Å². The Morgan fingerprint density at radius 2 is 1.00 bits per heavy atom. The van der Waals surface area contributed by atoms with Gasteiger partial charge in [0.25, 0.3) is 0 Å². The van der Waals surface area contributed by atoms with Crippen molar-refractivity contribution < 1.29 is 8.83 Å². The Morgan fingerprint density at radius 3 is 1.85 bits per heavy atom. The molecule has 2 aliphatic carbocycles. The Labute approximate surface area is 301 Å². The summed E-state index contributed by atoms with van der Waals surface area (Å²) in [5, 5.41) is 5.92. The quantitative estimate of drug-likeness (QED) is 0.187. The van der Waals surface area contributed by atoms with E-state index < -0.39 is 0 Å². The second kappa shape index (κ2) is 11.4.